The summed E-state index contributed by atoms with van der Waals surface area (Å²) in [6, 6.07) is 5.88. The number of allylic oxidation sites excluding steroid dienone is 1. The molecule has 0 N–H and O–H groups in total. The van der Waals surface area contributed by atoms with Gasteiger partial charge < -0.3 is 0 Å². The molecule has 0 saturated carbocycles. The van der Waals surface area contributed by atoms with Gasteiger partial charge in [-0.25, -0.2) is 3.63 Å². The fourth-order valence-electron chi connectivity index (χ4n) is 2.28. The maximum Gasteiger partial charge on any atom is 0.456 e. The highest BCUT2D eigenvalue weighted by atomic mass is 32.3. The molecular formula is C13H15F3O3S2. The summed E-state index contributed by atoms with van der Waals surface area (Å²) in [5, 5.41) is 0. The molecule has 118 valence electrons. The van der Waals surface area contributed by atoms with Gasteiger partial charge in [-0.2, -0.15) is 21.6 Å². The molecule has 1 aliphatic rings. The third-order valence-corrected chi connectivity index (χ3v) is 7.68. The second kappa shape index (κ2) is 5.03. The maximum absolute atomic E-state index is 13.8. The fraction of sp³-hybridized carbons (Fsp3) is 0.385. The molecule has 0 spiro atoms. The first-order chi connectivity index (χ1) is 9.49. The fourth-order valence-corrected chi connectivity index (χ4v) is 7.14. The third-order valence-electron chi connectivity index (χ3n) is 2.98. The Hall–Kier alpha value is -0.990. The molecule has 1 unspecified atom stereocenters. The highest BCUT2D eigenvalue weighted by molar-refractivity contribution is 8.36. The second-order valence-corrected chi connectivity index (χ2v) is 9.45. The Labute approximate surface area is 123 Å². The van der Waals surface area contributed by atoms with Gasteiger partial charge in [0.25, 0.3) is 10.1 Å². The zero-order chi connectivity index (χ0) is 16.1. The lowest BCUT2D eigenvalue weighted by Gasteiger charge is -2.40. The first-order valence-corrected chi connectivity index (χ1v) is 9.48. The van der Waals surface area contributed by atoms with E-state index in [1.54, 1.807) is 19.9 Å². The van der Waals surface area contributed by atoms with Crippen molar-refractivity contribution in [2.45, 2.75) is 24.3 Å². The van der Waals surface area contributed by atoms with Crippen molar-refractivity contribution in [1.82, 2.24) is 0 Å². The van der Waals surface area contributed by atoms with Crippen molar-refractivity contribution in [2.24, 2.45) is 5.92 Å². The summed E-state index contributed by atoms with van der Waals surface area (Å²) >= 11 is 0. The van der Waals surface area contributed by atoms with Crippen LogP contribution >= 0.6 is 10.3 Å². The van der Waals surface area contributed by atoms with E-state index in [1.165, 1.54) is 24.3 Å². The Morgan fingerprint density at radius 3 is 2.24 bits per heavy atom. The minimum Gasteiger partial charge on any atom is -0.203 e. The topological polar surface area (TPSA) is 43.4 Å². The number of fused-ring (bicyclic) bond motifs is 1. The molecule has 0 fully saturated rings. The van der Waals surface area contributed by atoms with Crippen LogP contribution in [0.5, 0.6) is 0 Å². The van der Waals surface area contributed by atoms with Crippen LogP contribution in [0.2, 0.25) is 0 Å². The largest absolute Gasteiger partial charge is 0.456 e. The number of rotatable bonds is 3. The summed E-state index contributed by atoms with van der Waals surface area (Å²) < 4.78 is 69.2. The molecule has 2 rings (SSSR count). The Morgan fingerprint density at radius 1 is 1.19 bits per heavy atom. The maximum atomic E-state index is 13.8. The van der Waals surface area contributed by atoms with Gasteiger partial charge in [0.1, 0.15) is 0 Å². The van der Waals surface area contributed by atoms with E-state index in [2.05, 4.69) is 0 Å². The monoisotopic (exact) mass is 340 g/mol. The number of alkyl halides is 3. The lowest BCUT2D eigenvalue weighted by Crippen LogP contribution is -2.27. The Kier molecular flexibility index (Phi) is 3.92. The minimum absolute atomic E-state index is 0.0263. The van der Waals surface area contributed by atoms with Gasteiger partial charge in [0.05, 0.1) is 6.26 Å². The Bertz CT molecular complexity index is 693. The molecule has 1 aromatic rings. The van der Waals surface area contributed by atoms with Crippen LogP contribution in [0.3, 0.4) is 0 Å². The molecule has 0 amide bonds. The van der Waals surface area contributed by atoms with Crippen LogP contribution in [-0.2, 0) is 13.7 Å². The molecule has 8 heteroatoms. The van der Waals surface area contributed by atoms with E-state index >= 15 is 0 Å². The predicted molar refractivity (Wildman–Crippen MR) is 77.1 cm³/mol. The average molecular weight is 340 g/mol. The first-order valence-electron chi connectivity index (χ1n) is 6.10. The highest BCUT2D eigenvalue weighted by Crippen LogP contribution is 2.78. The van der Waals surface area contributed by atoms with Crippen molar-refractivity contribution in [3.63, 3.8) is 0 Å². The Balaban J connectivity index is 2.80. The van der Waals surface area contributed by atoms with Crippen molar-refractivity contribution in [3.05, 3.63) is 34.7 Å². The van der Waals surface area contributed by atoms with Crippen LogP contribution in [0.25, 0.3) is 6.08 Å². The van der Waals surface area contributed by atoms with Gasteiger partial charge in [-0.3, -0.25) is 0 Å². The SMILES string of the molecule is CC(C)C1=Cc2ccccc2S1(OS(C)(=O)=O)C(F)(F)F. The zero-order valence-corrected chi connectivity index (χ0v) is 13.3. The lowest BCUT2D eigenvalue weighted by molar-refractivity contribution is -0.0430. The van der Waals surface area contributed by atoms with Crippen LogP contribution in [0.4, 0.5) is 13.2 Å². The average Bonchev–Trinajstić information content (AvgIpc) is 2.63. The molecule has 21 heavy (non-hydrogen) atoms. The van der Waals surface area contributed by atoms with Crippen molar-refractivity contribution in [3.8, 4) is 0 Å². The third kappa shape index (κ3) is 2.72. The van der Waals surface area contributed by atoms with E-state index in [0.717, 1.165) is 0 Å². The normalized spacial score (nSPS) is 25.4. The zero-order valence-electron chi connectivity index (χ0n) is 11.6. The Morgan fingerprint density at radius 2 is 1.76 bits per heavy atom. The number of hydrogen-bond donors (Lipinski definition) is 0. The number of hydrogen-bond acceptors (Lipinski definition) is 3. The molecule has 1 aromatic carbocycles. The van der Waals surface area contributed by atoms with E-state index in [-0.39, 0.29) is 9.80 Å². The molecule has 3 nitrogen and oxygen atoms in total. The van der Waals surface area contributed by atoms with Gasteiger partial charge in [0, 0.05) is 20.1 Å². The van der Waals surface area contributed by atoms with Crippen LogP contribution < -0.4 is 0 Å². The minimum atomic E-state index is -4.81. The lowest BCUT2D eigenvalue weighted by atomic mass is 10.1. The summed E-state index contributed by atoms with van der Waals surface area (Å²) in [6.45, 7) is 3.19. The van der Waals surface area contributed by atoms with E-state index in [1.807, 2.05) is 0 Å². The van der Waals surface area contributed by atoms with Gasteiger partial charge in [-0.05, 0) is 23.6 Å². The standard InChI is InChI=1S/C13H15F3O3S2/c1-9(2)12-8-10-6-4-5-7-11(10)21(12,13(14,15)16)19-20(3,17)18/h4-9H,1-3H3. The summed E-state index contributed by atoms with van der Waals surface area (Å²) in [6.07, 6.45) is 2.04. The molecule has 1 atom stereocenters. The van der Waals surface area contributed by atoms with Gasteiger partial charge >= 0.3 is 5.51 Å². The van der Waals surface area contributed by atoms with E-state index < -0.39 is 31.9 Å². The summed E-state index contributed by atoms with van der Waals surface area (Å²) in [4.78, 5) is -0.131. The highest BCUT2D eigenvalue weighted by Gasteiger charge is 2.60. The van der Waals surface area contributed by atoms with Crippen molar-refractivity contribution >= 4 is 26.5 Å². The smallest absolute Gasteiger partial charge is 0.203 e. The molecule has 0 aliphatic carbocycles. The van der Waals surface area contributed by atoms with Crippen molar-refractivity contribution < 1.29 is 25.2 Å². The summed E-state index contributed by atoms with van der Waals surface area (Å²) in [5.41, 5.74) is -4.45. The van der Waals surface area contributed by atoms with Crippen molar-refractivity contribution in [1.29, 1.82) is 0 Å². The number of halogens is 3. The van der Waals surface area contributed by atoms with Crippen LogP contribution in [-0.4, -0.2) is 20.2 Å². The molecule has 1 heterocycles. The van der Waals surface area contributed by atoms with Gasteiger partial charge in [0.15, 0.2) is 0 Å². The van der Waals surface area contributed by atoms with E-state index in [4.69, 9.17) is 3.63 Å². The van der Waals surface area contributed by atoms with Crippen molar-refractivity contribution in [2.75, 3.05) is 6.26 Å². The number of benzene rings is 1. The molecular weight excluding hydrogens is 325 g/mol. The van der Waals surface area contributed by atoms with Crippen LogP contribution in [0.15, 0.2) is 34.1 Å². The summed E-state index contributed by atoms with van der Waals surface area (Å²) in [5.74, 6) is -0.490. The van der Waals surface area contributed by atoms with Gasteiger partial charge in [0.2, 0.25) is 0 Å². The van der Waals surface area contributed by atoms with Crippen LogP contribution in [0.1, 0.15) is 19.4 Å². The van der Waals surface area contributed by atoms with Gasteiger partial charge in [-0.1, -0.05) is 32.0 Å². The summed E-state index contributed by atoms with van der Waals surface area (Å²) in [7, 11) is -8.34. The molecule has 0 saturated heterocycles. The predicted octanol–water partition coefficient (Wildman–Crippen LogP) is 4.27. The second-order valence-electron chi connectivity index (χ2n) is 5.01. The molecule has 0 radical (unpaired) electrons. The molecule has 1 aliphatic heterocycles. The van der Waals surface area contributed by atoms with Crippen LogP contribution in [0, 0.1) is 5.92 Å². The molecule has 0 aromatic heterocycles. The molecule has 0 bridgehead atoms. The van der Waals surface area contributed by atoms with E-state index in [0.29, 0.717) is 11.8 Å². The van der Waals surface area contributed by atoms with Gasteiger partial charge in [-0.15, -0.1) is 0 Å². The first kappa shape index (κ1) is 16.4. The van der Waals surface area contributed by atoms with E-state index in [9.17, 15) is 21.6 Å². The quantitative estimate of drug-likeness (QED) is 0.825.